The number of imidazole rings is 1. The molecule has 41 valence electrons. The number of hydrogen-bond acceptors (Lipinski definition) is 3. The number of aromatic nitrogens is 2. The van der Waals surface area contributed by atoms with Crippen molar-refractivity contribution in [1.82, 2.24) is 9.97 Å². The third-order valence-corrected chi connectivity index (χ3v) is 0.716. The summed E-state index contributed by atoms with van der Waals surface area (Å²) < 4.78 is 0. The fourth-order valence-corrected chi connectivity index (χ4v) is 0.362. The Morgan fingerprint density at radius 2 is 2.62 bits per heavy atom. The van der Waals surface area contributed by atoms with Gasteiger partial charge in [-0.2, -0.15) is 0 Å². The number of nitrogens with one attached hydrogen (secondary N) is 1. The maximum absolute atomic E-state index is 9.72. The Hall–Kier alpha value is -1.32. The highest BCUT2D eigenvalue weighted by atomic mass is 16.3. The van der Waals surface area contributed by atoms with E-state index in [0.717, 1.165) is 0 Å². The minimum absolute atomic E-state index is 0.0787. The summed E-state index contributed by atoms with van der Waals surface area (Å²) in [7, 11) is 0. The van der Waals surface area contributed by atoms with Gasteiger partial charge in [-0.1, -0.05) is 0 Å². The van der Waals surface area contributed by atoms with Crippen LogP contribution in [-0.2, 0) is 4.79 Å². The fraction of sp³-hybridized carbons (Fsp3) is 0. The zero-order valence-corrected chi connectivity index (χ0v) is 3.88. The summed E-state index contributed by atoms with van der Waals surface area (Å²) in [4.78, 5) is 15.4. The number of rotatable bonds is 1. The van der Waals surface area contributed by atoms with E-state index in [1.54, 1.807) is 0 Å². The van der Waals surface area contributed by atoms with Crippen molar-refractivity contribution in [2.75, 3.05) is 0 Å². The van der Waals surface area contributed by atoms with Gasteiger partial charge in [-0.25, -0.2) is 4.98 Å². The lowest BCUT2D eigenvalue weighted by molar-refractivity contribution is 0.453. The molecule has 0 fully saturated rings. The van der Waals surface area contributed by atoms with Gasteiger partial charge < -0.3 is 10.1 Å². The Bertz CT molecular complexity index is 194. The topological polar surface area (TPSA) is 66.0 Å². The summed E-state index contributed by atoms with van der Waals surface area (Å²) in [6.07, 6.45) is 2.65. The molecule has 1 rings (SSSR count). The molecule has 0 aromatic carbocycles. The van der Waals surface area contributed by atoms with Crippen LogP contribution in [0.3, 0.4) is 0 Å². The summed E-state index contributed by atoms with van der Waals surface area (Å²) in [5.41, 5.74) is -0.0787. The van der Waals surface area contributed by atoms with Gasteiger partial charge in [0.25, 0.3) is 6.29 Å². The van der Waals surface area contributed by atoms with Gasteiger partial charge in [0.1, 0.15) is 0 Å². The molecule has 0 spiro atoms. The summed E-state index contributed by atoms with van der Waals surface area (Å²) in [5.74, 6) is -0.236. The average Bonchev–Trinajstić information content (AvgIpc) is 2.14. The molecule has 0 bridgehead atoms. The average molecular weight is 111 g/mol. The molecule has 4 heteroatoms. The van der Waals surface area contributed by atoms with Gasteiger partial charge in [0.2, 0.25) is 5.88 Å². The maximum Gasteiger partial charge on any atom is 0.259 e. The van der Waals surface area contributed by atoms with Crippen LogP contribution in [0.2, 0.25) is 0 Å². The van der Waals surface area contributed by atoms with Gasteiger partial charge in [0.15, 0.2) is 5.69 Å². The molecule has 0 unspecified atom stereocenters. The van der Waals surface area contributed by atoms with Crippen LogP contribution < -0.4 is 0 Å². The van der Waals surface area contributed by atoms with E-state index in [0.29, 0.717) is 0 Å². The molecule has 0 aliphatic carbocycles. The predicted molar refractivity (Wildman–Crippen MR) is 25.0 cm³/mol. The van der Waals surface area contributed by atoms with Gasteiger partial charge in [-0.15, -0.1) is 0 Å². The second-order valence-electron chi connectivity index (χ2n) is 1.20. The van der Waals surface area contributed by atoms with Crippen molar-refractivity contribution < 1.29 is 9.90 Å². The third-order valence-electron chi connectivity index (χ3n) is 0.716. The Labute approximate surface area is 45.2 Å². The first-order valence-corrected chi connectivity index (χ1v) is 1.95. The summed E-state index contributed by atoms with van der Waals surface area (Å²) in [5, 5.41) is 8.57. The molecule has 1 aromatic rings. The number of carbonyl (C=O) groups excluding carboxylic acids is 1. The van der Waals surface area contributed by atoms with Crippen LogP contribution in [-0.4, -0.2) is 21.4 Å². The third kappa shape index (κ3) is 0.556. The molecular weight excluding hydrogens is 108 g/mol. The molecule has 1 heterocycles. The van der Waals surface area contributed by atoms with E-state index in [2.05, 4.69) is 9.97 Å². The van der Waals surface area contributed by atoms with E-state index in [4.69, 9.17) is 5.11 Å². The van der Waals surface area contributed by atoms with Crippen molar-refractivity contribution in [1.29, 1.82) is 0 Å². The van der Waals surface area contributed by atoms with Crippen molar-refractivity contribution in [3.05, 3.63) is 12.0 Å². The zero-order valence-electron chi connectivity index (χ0n) is 3.88. The predicted octanol–water partition coefficient (Wildman–Crippen LogP) is -0.427. The number of H-pyrrole nitrogens is 1. The van der Waals surface area contributed by atoms with Crippen LogP contribution in [0.15, 0.2) is 6.33 Å². The number of nitrogens with zero attached hydrogens (tertiary/aromatic N) is 1. The van der Waals surface area contributed by atoms with E-state index >= 15 is 0 Å². The Kier molecular flexibility index (Phi) is 0.997. The molecule has 8 heavy (non-hydrogen) atoms. The first kappa shape index (κ1) is 4.83. The van der Waals surface area contributed by atoms with Crippen LogP contribution in [0, 0.1) is 0 Å². The van der Waals surface area contributed by atoms with Crippen molar-refractivity contribution in [2.24, 2.45) is 0 Å². The van der Waals surface area contributed by atoms with Crippen LogP contribution in [0.25, 0.3) is 0 Å². The summed E-state index contributed by atoms with van der Waals surface area (Å²) >= 11 is 0. The van der Waals surface area contributed by atoms with Gasteiger partial charge >= 0.3 is 0 Å². The first-order valence-electron chi connectivity index (χ1n) is 1.95. The first-order chi connectivity index (χ1) is 3.84. The highest BCUT2D eigenvalue weighted by Gasteiger charge is 1.99. The molecule has 0 saturated heterocycles. The smallest absolute Gasteiger partial charge is 0.259 e. The lowest BCUT2D eigenvalue weighted by atomic mass is 10.5. The number of aromatic hydroxyl groups is 1. The van der Waals surface area contributed by atoms with Gasteiger partial charge in [-0.05, 0) is 0 Å². The highest BCUT2D eigenvalue weighted by molar-refractivity contribution is 5.75. The Morgan fingerprint density at radius 1 is 1.88 bits per heavy atom. The second kappa shape index (κ2) is 1.65. The minimum atomic E-state index is -0.236. The lowest BCUT2D eigenvalue weighted by Crippen LogP contribution is -1.76. The van der Waals surface area contributed by atoms with Gasteiger partial charge in [-0.3, -0.25) is 4.79 Å². The molecule has 0 aliphatic heterocycles. The Morgan fingerprint density at radius 3 is 2.88 bits per heavy atom. The van der Waals surface area contributed by atoms with Crippen molar-refractivity contribution in [3.8, 4) is 5.88 Å². The van der Waals surface area contributed by atoms with Crippen LogP contribution in [0.5, 0.6) is 5.88 Å². The maximum atomic E-state index is 9.72. The van der Waals surface area contributed by atoms with E-state index in [1.165, 1.54) is 12.6 Å². The number of hydrogen-bond donors (Lipinski definition) is 2. The molecule has 1 aromatic heterocycles. The van der Waals surface area contributed by atoms with E-state index < -0.39 is 0 Å². The largest absolute Gasteiger partial charge is 0.493 e. The molecule has 1 radical (unpaired) electrons. The molecule has 4 nitrogen and oxygen atoms in total. The Balaban J connectivity index is 3.09. The molecule has 0 atom stereocenters. The lowest BCUT2D eigenvalue weighted by Gasteiger charge is -1.76. The van der Waals surface area contributed by atoms with E-state index in [9.17, 15) is 4.79 Å². The van der Waals surface area contributed by atoms with Crippen molar-refractivity contribution >= 4 is 6.29 Å². The summed E-state index contributed by atoms with van der Waals surface area (Å²) in [6.45, 7) is 0. The zero-order chi connectivity index (χ0) is 5.98. The molecule has 0 saturated carbocycles. The second-order valence-corrected chi connectivity index (χ2v) is 1.20. The molecule has 2 N–H and O–H groups in total. The SMILES string of the molecule is O=[C]c1nc[nH]c1O. The van der Waals surface area contributed by atoms with Crippen LogP contribution >= 0.6 is 0 Å². The van der Waals surface area contributed by atoms with E-state index in [1.807, 2.05) is 0 Å². The van der Waals surface area contributed by atoms with Crippen molar-refractivity contribution in [2.45, 2.75) is 0 Å². The van der Waals surface area contributed by atoms with Gasteiger partial charge in [0, 0.05) is 0 Å². The standard InChI is InChI=1S/C4H3N2O2/c7-1-3-4(8)6-2-5-3/h2,8H,(H,5,6). The van der Waals surface area contributed by atoms with Crippen LogP contribution in [0.4, 0.5) is 0 Å². The van der Waals surface area contributed by atoms with Crippen LogP contribution in [0.1, 0.15) is 5.69 Å². The highest BCUT2D eigenvalue weighted by Crippen LogP contribution is 2.04. The number of aromatic amines is 1. The van der Waals surface area contributed by atoms with E-state index in [-0.39, 0.29) is 11.6 Å². The fourth-order valence-electron chi connectivity index (χ4n) is 0.362. The monoisotopic (exact) mass is 111 g/mol. The summed E-state index contributed by atoms with van der Waals surface area (Å²) in [6, 6.07) is 0. The molecule has 0 amide bonds. The van der Waals surface area contributed by atoms with Gasteiger partial charge in [0.05, 0.1) is 6.33 Å². The molecule has 0 aliphatic rings. The molecular formula is C4H3N2O2. The quantitative estimate of drug-likeness (QED) is 0.517. The minimum Gasteiger partial charge on any atom is -0.493 e. The van der Waals surface area contributed by atoms with Crippen molar-refractivity contribution in [3.63, 3.8) is 0 Å². The normalized spacial score (nSPS) is 9.00.